The Labute approximate surface area is 123 Å². The van der Waals surface area contributed by atoms with Gasteiger partial charge in [-0.05, 0) is 41.3 Å². The number of nitrogens with one attached hydrogen (secondary N) is 1. The Balaban J connectivity index is 1.66. The van der Waals surface area contributed by atoms with Gasteiger partial charge in [0.25, 0.3) is 5.91 Å². The second-order valence-corrected chi connectivity index (χ2v) is 6.44. The summed E-state index contributed by atoms with van der Waals surface area (Å²) in [6, 6.07) is 1.84. The summed E-state index contributed by atoms with van der Waals surface area (Å²) in [5.74, 6) is -0.0218. The number of aromatic nitrogens is 2. The number of rotatable bonds is 3. The van der Waals surface area contributed by atoms with Crippen molar-refractivity contribution in [3.63, 3.8) is 0 Å². The normalized spacial score (nSPS) is 14.2. The van der Waals surface area contributed by atoms with Gasteiger partial charge >= 0.3 is 0 Å². The fourth-order valence-electron chi connectivity index (χ4n) is 2.33. The molecule has 0 atom stereocenters. The Morgan fingerprint density at radius 2 is 2.42 bits per heavy atom. The van der Waals surface area contributed by atoms with Crippen LogP contribution in [0.1, 0.15) is 33.8 Å². The van der Waals surface area contributed by atoms with Crippen LogP contribution in [0.4, 0.5) is 0 Å². The number of aryl methyl sites for hydroxylation is 1. The van der Waals surface area contributed by atoms with E-state index >= 15 is 0 Å². The molecule has 0 aromatic carbocycles. The number of thiophene rings is 1. The summed E-state index contributed by atoms with van der Waals surface area (Å²) in [5, 5.41) is 9.25. The standard InChI is InChI=1S/C13H14BrN3OS/c14-10-5-12(19-8-10)13(18)15-6-9-7-16-17-4-2-1-3-11(9)17/h5,7-8H,1-4,6H2,(H,15,18). The van der Waals surface area contributed by atoms with Crippen LogP contribution in [0.25, 0.3) is 0 Å². The molecule has 2 aromatic heterocycles. The molecule has 100 valence electrons. The lowest BCUT2D eigenvalue weighted by molar-refractivity contribution is 0.0955. The fraction of sp³-hybridized carbons (Fsp3) is 0.385. The second-order valence-electron chi connectivity index (χ2n) is 4.61. The van der Waals surface area contributed by atoms with Gasteiger partial charge in [-0.1, -0.05) is 0 Å². The van der Waals surface area contributed by atoms with Crippen LogP contribution in [0.5, 0.6) is 0 Å². The first-order chi connectivity index (χ1) is 9.24. The van der Waals surface area contributed by atoms with Crippen molar-refractivity contribution < 1.29 is 4.79 Å². The molecule has 0 radical (unpaired) electrons. The maximum atomic E-state index is 12.0. The molecule has 0 fully saturated rings. The topological polar surface area (TPSA) is 46.9 Å². The molecule has 0 saturated carbocycles. The first-order valence-corrected chi connectivity index (χ1v) is 7.97. The second kappa shape index (κ2) is 5.46. The van der Waals surface area contributed by atoms with E-state index in [0.717, 1.165) is 27.9 Å². The van der Waals surface area contributed by atoms with E-state index in [9.17, 15) is 4.79 Å². The monoisotopic (exact) mass is 339 g/mol. The molecule has 0 unspecified atom stereocenters. The highest BCUT2D eigenvalue weighted by molar-refractivity contribution is 9.10. The highest BCUT2D eigenvalue weighted by atomic mass is 79.9. The first-order valence-electron chi connectivity index (χ1n) is 6.30. The van der Waals surface area contributed by atoms with Crippen molar-refractivity contribution in [1.29, 1.82) is 0 Å². The quantitative estimate of drug-likeness (QED) is 0.934. The van der Waals surface area contributed by atoms with Crippen LogP contribution in [0.3, 0.4) is 0 Å². The van der Waals surface area contributed by atoms with Crippen molar-refractivity contribution >= 4 is 33.2 Å². The minimum atomic E-state index is -0.0218. The van der Waals surface area contributed by atoms with Gasteiger partial charge in [-0.15, -0.1) is 11.3 Å². The van der Waals surface area contributed by atoms with Gasteiger partial charge in [-0.25, -0.2) is 0 Å². The fourth-order valence-corrected chi connectivity index (χ4v) is 3.67. The molecule has 1 aliphatic rings. The first kappa shape index (κ1) is 12.9. The van der Waals surface area contributed by atoms with Crippen molar-refractivity contribution in [3.8, 4) is 0 Å². The lowest BCUT2D eigenvalue weighted by atomic mass is 10.1. The van der Waals surface area contributed by atoms with Gasteiger partial charge in [0.1, 0.15) is 0 Å². The van der Waals surface area contributed by atoms with Gasteiger partial charge in [0, 0.05) is 34.2 Å². The third-order valence-corrected chi connectivity index (χ3v) is 4.99. The molecule has 19 heavy (non-hydrogen) atoms. The molecule has 6 heteroatoms. The minimum absolute atomic E-state index is 0.0218. The van der Waals surface area contributed by atoms with Gasteiger partial charge in [0.05, 0.1) is 11.1 Å². The van der Waals surface area contributed by atoms with Gasteiger partial charge in [0.2, 0.25) is 0 Å². The zero-order chi connectivity index (χ0) is 13.2. The van der Waals surface area contributed by atoms with Gasteiger partial charge in [-0.2, -0.15) is 5.10 Å². The van der Waals surface area contributed by atoms with Crippen LogP contribution in [0.15, 0.2) is 22.1 Å². The molecule has 0 saturated heterocycles. The Kier molecular flexibility index (Phi) is 3.70. The molecule has 4 nitrogen and oxygen atoms in total. The number of nitrogens with zero attached hydrogens (tertiary/aromatic N) is 2. The summed E-state index contributed by atoms with van der Waals surface area (Å²) >= 11 is 4.80. The predicted molar refractivity (Wildman–Crippen MR) is 78.4 cm³/mol. The van der Waals surface area contributed by atoms with E-state index in [-0.39, 0.29) is 5.91 Å². The minimum Gasteiger partial charge on any atom is -0.347 e. The Morgan fingerprint density at radius 1 is 1.53 bits per heavy atom. The number of hydrogen-bond donors (Lipinski definition) is 1. The molecular weight excluding hydrogens is 326 g/mol. The van der Waals surface area contributed by atoms with Crippen molar-refractivity contribution in [3.05, 3.63) is 38.3 Å². The summed E-state index contributed by atoms with van der Waals surface area (Å²) < 4.78 is 3.01. The van der Waals surface area contributed by atoms with Crippen molar-refractivity contribution in [1.82, 2.24) is 15.1 Å². The molecule has 0 bridgehead atoms. The molecule has 2 aromatic rings. The molecule has 0 aliphatic carbocycles. The van der Waals surface area contributed by atoms with Gasteiger partial charge in [0.15, 0.2) is 0 Å². The lowest BCUT2D eigenvalue weighted by Gasteiger charge is -2.14. The van der Waals surface area contributed by atoms with Crippen LogP contribution >= 0.6 is 27.3 Å². The van der Waals surface area contributed by atoms with E-state index in [0.29, 0.717) is 6.54 Å². The number of hydrogen-bond acceptors (Lipinski definition) is 3. The molecule has 3 rings (SSSR count). The van der Waals surface area contributed by atoms with Crippen LogP contribution < -0.4 is 5.32 Å². The summed E-state index contributed by atoms with van der Waals surface area (Å²) in [5.41, 5.74) is 2.42. The average Bonchev–Trinajstić information content (AvgIpc) is 3.02. The zero-order valence-electron chi connectivity index (χ0n) is 10.4. The number of carbonyl (C=O) groups excluding carboxylic acids is 1. The Hall–Kier alpha value is -1.14. The Morgan fingerprint density at radius 3 is 3.21 bits per heavy atom. The third kappa shape index (κ3) is 2.74. The van der Waals surface area contributed by atoms with E-state index in [1.807, 2.05) is 17.6 Å². The van der Waals surface area contributed by atoms with Crippen molar-refractivity contribution in [2.24, 2.45) is 0 Å². The Bertz CT molecular complexity index is 605. The number of carbonyl (C=O) groups is 1. The van der Waals surface area contributed by atoms with E-state index < -0.39 is 0 Å². The van der Waals surface area contributed by atoms with Crippen LogP contribution in [-0.2, 0) is 19.5 Å². The maximum absolute atomic E-state index is 12.0. The predicted octanol–water partition coefficient (Wildman–Crippen LogP) is 2.97. The van der Waals surface area contributed by atoms with Crippen LogP contribution in [-0.4, -0.2) is 15.7 Å². The summed E-state index contributed by atoms with van der Waals surface area (Å²) in [6.45, 7) is 1.56. The molecule has 1 amide bonds. The highest BCUT2D eigenvalue weighted by Gasteiger charge is 2.15. The van der Waals surface area contributed by atoms with E-state index in [1.54, 1.807) is 0 Å². The lowest BCUT2D eigenvalue weighted by Crippen LogP contribution is -2.23. The SMILES string of the molecule is O=C(NCc1cnn2c1CCCC2)c1cc(Br)cs1. The maximum Gasteiger partial charge on any atom is 0.261 e. The number of amides is 1. The van der Waals surface area contributed by atoms with E-state index in [2.05, 4.69) is 31.0 Å². The highest BCUT2D eigenvalue weighted by Crippen LogP contribution is 2.20. The molecule has 1 aliphatic heterocycles. The largest absolute Gasteiger partial charge is 0.347 e. The average molecular weight is 340 g/mol. The third-order valence-electron chi connectivity index (χ3n) is 3.30. The van der Waals surface area contributed by atoms with Crippen LogP contribution in [0.2, 0.25) is 0 Å². The van der Waals surface area contributed by atoms with Crippen molar-refractivity contribution in [2.75, 3.05) is 0 Å². The van der Waals surface area contributed by atoms with Crippen molar-refractivity contribution in [2.45, 2.75) is 32.4 Å². The smallest absolute Gasteiger partial charge is 0.261 e. The molecule has 1 N–H and O–H groups in total. The molecule has 0 spiro atoms. The van der Waals surface area contributed by atoms with E-state index in [1.165, 1.54) is 29.9 Å². The number of fused-ring (bicyclic) bond motifs is 1. The van der Waals surface area contributed by atoms with Gasteiger partial charge in [-0.3, -0.25) is 9.48 Å². The summed E-state index contributed by atoms with van der Waals surface area (Å²) in [7, 11) is 0. The number of halogens is 1. The molecular formula is C13H14BrN3OS. The van der Waals surface area contributed by atoms with E-state index in [4.69, 9.17) is 0 Å². The summed E-state index contributed by atoms with van der Waals surface area (Å²) in [6.07, 6.45) is 5.36. The van der Waals surface area contributed by atoms with Crippen LogP contribution in [0, 0.1) is 0 Å². The molecule has 3 heterocycles. The zero-order valence-corrected chi connectivity index (χ0v) is 12.8. The van der Waals surface area contributed by atoms with Gasteiger partial charge < -0.3 is 5.32 Å². The summed E-state index contributed by atoms with van der Waals surface area (Å²) in [4.78, 5) is 12.7.